The van der Waals surface area contributed by atoms with Crippen LogP contribution in [0.5, 0.6) is 0 Å². The molecule has 8 heteroatoms. The number of benzene rings is 3. The average molecular weight is 636 g/mol. The second kappa shape index (κ2) is 14.1. The first-order valence-electron chi connectivity index (χ1n) is 16.0. The molecule has 3 aliphatic heterocycles. The lowest BCUT2D eigenvalue weighted by atomic mass is 9.93. The van der Waals surface area contributed by atoms with Crippen LogP contribution in [0.3, 0.4) is 0 Å². The van der Waals surface area contributed by atoms with Crippen molar-refractivity contribution in [3.63, 3.8) is 0 Å². The van der Waals surface area contributed by atoms with E-state index in [1.165, 1.54) is 61.2 Å². The van der Waals surface area contributed by atoms with Crippen LogP contribution < -0.4 is 5.73 Å². The zero-order chi connectivity index (χ0) is 28.6. The molecule has 0 spiro atoms. The summed E-state index contributed by atoms with van der Waals surface area (Å²) >= 11 is 0. The SMILES string of the molecule is Cl.Cl.NCCCN1CCc2cccc3c2C1CC3.O=C1c2ccccc2C(=O)N1CCCN1CCc2cccc3c2C1CC3. The van der Waals surface area contributed by atoms with Gasteiger partial charge >= 0.3 is 0 Å². The van der Waals surface area contributed by atoms with E-state index in [0.717, 1.165) is 38.9 Å². The van der Waals surface area contributed by atoms with Gasteiger partial charge in [0.15, 0.2) is 0 Å². The Morgan fingerprint density at radius 2 is 1.05 bits per heavy atom. The van der Waals surface area contributed by atoms with Gasteiger partial charge in [0.1, 0.15) is 0 Å². The minimum atomic E-state index is -0.141. The minimum absolute atomic E-state index is 0. The molecule has 2 N–H and O–H groups in total. The number of nitrogens with two attached hydrogens (primary N) is 1. The van der Waals surface area contributed by atoms with E-state index in [2.05, 4.69) is 46.2 Å². The van der Waals surface area contributed by atoms with Crippen molar-refractivity contribution in [1.82, 2.24) is 14.7 Å². The molecular weight excluding hydrogens is 591 g/mol. The van der Waals surface area contributed by atoms with Gasteiger partial charge < -0.3 is 5.73 Å². The van der Waals surface area contributed by atoms with Gasteiger partial charge in [-0.3, -0.25) is 24.3 Å². The Labute approximate surface area is 273 Å². The molecule has 2 atom stereocenters. The van der Waals surface area contributed by atoms with Crippen LogP contribution >= 0.6 is 24.8 Å². The van der Waals surface area contributed by atoms with Crippen LogP contribution in [0.1, 0.15) is 91.9 Å². The summed E-state index contributed by atoms with van der Waals surface area (Å²) in [6, 6.07) is 21.9. The summed E-state index contributed by atoms with van der Waals surface area (Å²) in [5.41, 5.74) is 16.1. The highest BCUT2D eigenvalue weighted by Gasteiger charge is 2.36. The number of carbonyl (C=O) groups excluding carboxylic acids is 2. The number of fused-ring (bicyclic) bond motifs is 1. The van der Waals surface area contributed by atoms with Crippen LogP contribution in [-0.2, 0) is 25.7 Å². The molecular formula is C36H44Cl2N4O2. The third-order valence-corrected chi connectivity index (χ3v) is 10.2. The zero-order valence-corrected chi connectivity index (χ0v) is 27.0. The number of imide groups is 1. The normalized spacial score (nSPS) is 21.1. The third-order valence-electron chi connectivity index (χ3n) is 10.2. The van der Waals surface area contributed by atoms with E-state index in [4.69, 9.17) is 5.73 Å². The van der Waals surface area contributed by atoms with Crippen molar-refractivity contribution in [2.45, 2.75) is 63.5 Å². The Morgan fingerprint density at radius 3 is 1.52 bits per heavy atom. The maximum absolute atomic E-state index is 12.5. The molecule has 2 unspecified atom stereocenters. The molecule has 234 valence electrons. The Hall–Kier alpha value is -2.74. The summed E-state index contributed by atoms with van der Waals surface area (Å²) in [5.74, 6) is -0.282. The standard InChI is InChI=1S/C22H22N2O2.C14H20N2.2ClH/c25-21-17-7-1-2-8-18(17)22(26)24(21)13-4-12-23-14-11-16-6-3-5-15-9-10-19(23)20(15)16;15-8-2-9-16-10-7-12-4-1-3-11-5-6-13(16)14(11)12;;/h1-3,5-8,19H,4,9-14H2;1,3-4,13H,2,5-10,15H2;2*1H. The molecule has 3 aromatic rings. The van der Waals surface area contributed by atoms with Crippen LogP contribution in [0, 0.1) is 0 Å². The molecule has 0 bridgehead atoms. The molecule has 0 saturated carbocycles. The maximum atomic E-state index is 12.5. The second-order valence-corrected chi connectivity index (χ2v) is 12.5. The van der Waals surface area contributed by atoms with Gasteiger partial charge in [-0.2, -0.15) is 0 Å². The van der Waals surface area contributed by atoms with Crippen LogP contribution in [0.2, 0.25) is 0 Å². The fourth-order valence-corrected chi connectivity index (χ4v) is 8.21. The summed E-state index contributed by atoms with van der Waals surface area (Å²) in [7, 11) is 0. The molecule has 6 nitrogen and oxygen atoms in total. The lowest BCUT2D eigenvalue weighted by molar-refractivity contribution is 0.0643. The van der Waals surface area contributed by atoms with Gasteiger partial charge in [0.05, 0.1) is 11.1 Å². The fraction of sp³-hybridized carbons (Fsp3) is 0.444. The summed E-state index contributed by atoms with van der Waals surface area (Å²) in [6.07, 6.45) is 9.25. The number of hydrogen-bond acceptors (Lipinski definition) is 5. The van der Waals surface area contributed by atoms with Crippen molar-refractivity contribution < 1.29 is 9.59 Å². The van der Waals surface area contributed by atoms with Crippen molar-refractivity contribution >= 4 is 36.6 Å². The van der Waals surface area contributed by atoms with Gasteiger partial charge in [0.2, 0.25) is 0 Å². The third kappa shape index (κ3) is 5.95. The van der Waals surface area contributed by atoms with E-state index in [-0.39, 0.29) is 36.6 Å². The first-order valence-corrected chi connectivity index (χ1v) is 16.0. The summed E-state index contributed by atoms with van der Waals surface area (Å²) < 4.78 is 0. The highest BCUT2D eigenvalue weighted by Crippen LogP contribution is 2.42. The molecule has 3 heterocycles. The van der Waals surface area contributed by atoms with Gasteiger partial charge in [-0.05, 0) is 110 Å². The van der Waals surface area contributed by atoms with Crippen molar-refractivity contribution in [1.29, 1.82) is 0 Å². The van der Waals surface area contributed by atoms with Crippen LogP contribution in [0.25, 0.3) is 0 Å². The van der Waals surface area contributed by atoms with E-state index < -0.39 is 0 Å². The highest BCUT2D eigenvalue weighted by atomic mass is 35.5. The van der Waals surface area contributed by atoms with Gasteiger partial charge in [0, 0.05) is 38.3 Å². The first-order chi connectivity index (χ1) is 20.6. The lowest BCUT2D eigenvalue weighted by Gasteiger charge is -2.35. The molecule has 2 aliphatic carbocycles. The van der Waals surface area contributed by atoms with Crippen LogP contribution in [0.15, 0.2) is 60.7 Å². The smallest absolute Gasteiger partial charge is 0.261 e. The lowest BCUT2D eigenvalue weighted by Crippen LogP contribution is -2.37. The topological polar surface area (TPSA) is 69.9 Å². The van der Waals surface area contributed by atoms with Crippen LogP contribution in [-0.4, -0.2) is 65.8 Å². The van der Waals surface area contributed by atoms with E-state index >= 15 is 0 Å². The molecule has 2 amide bonds. The zero-order valence-electron chi connectivity index (χ0n) is 25.4. The van der Waals surface area contributed by atoms with Crippen molar-refractivity contribution in [3.05, 3.63) is 105 Å². The fourth-order valence-electron chi connectivity index (χ4n) is 8.21. The molecule has 8 rings (SSSR count). The number of nitrogens with zero attached hydrogens (tertiary/aromatic N) is 3. The molecule has 0 saturated heterocycles. The van der Waals surface area contributed by atoms with E-state index in [1.54, 1.807) is 34.4 Å². The molecule has 3 aromatic carbocycles. The average Bonchev–Trinajstić information content (AvgIpc) is 3.73. The number of aryl methyl sites for hydroxylation is 2. The van der Waals surface area contributed by atoms with Gasteiger partial charge in [-0.25, -0.2) is 0 Å². The Kier molecular flexibility index (Phi) is 10.5. The van der Waals surface area contributed by atoms with Crippen molar-refractivity contribution in [3.8, 4) is 0 Å². The Morgan fingerprint density at radius 1 is 0.591 bits per heavy atom. The minimum Gasteiger partial charge on any atom is -0.330 e. The van der Waals surface area contributed by atoms with E-state index in [9.17, 15) is 9.59 Å². The predicted octanol–water partition coefficient (Wildman–Crippen LogP) is 5.94. The molecule has 5 aliphatic rings. The van der Waals surface area contributed by atoms with Crippen molar-refractivity contribution in [2.24, 2.45) is 5.73 Å². The van der Waals surface area contributed by atoms with Gasteiger partial charge in [0.25, 0.3) is 11.8 Å². The van der Waals surface area contributed by atoms with E-state index in [1.807, 2.05) is 12.1 Å². The number of rotatable bonds is 7. The summed E-state index contributed by atoms with van der Waals surface area (Å²) in [4.78, 5) is 31.6. The van der Waals surface area contributed by atoms with Crippen LogP contribution in [0.4, 0.5) is 0 Å². The number of hydrogen-bond donors (Lipinski definition) is 1. The quantitative estimate of drug-likeness (QED) is 0.326. The highest BCUT2D eigenvalue weighted by molar-refractivity contribution is 6.21. The molecule has 44 heavy (non-hydrogen) atoms. The second-order valence-electron chi connectivity index (χ2n) is 12.5. The number of halogens is 2. The Bertz CT molecular complexity index is 1480. The predicted molar refractivity (Wildman–Crippen MR) is 180 cm³/mol. The first kappa shape index (κ1) is 32.6. The summed E-state index contributed by atoms with van der Waals surface area (Å²) in [6.45, 7) is 5.73. The van der Waals surface area contributed by atoms with Gasteiger partial charge in [-0.1, -0.05) is 48.5 Å². The van der Waals surface area contributed by atoms with E-state index in [0.29, 0.717) is 29.8 Å². The number of carbonyl (C=O) groups is 2. The van der Waals surface area contributed by atoms with Gasteiger partial charge in [-0.15, -0.1) is 24.8 Å². The molecule has 0 aromatic heterocycles. The molecule has 0 radical (unpaired) electrons. The summed E-state index contributed by atoms with van der Waals surface area (Å²) in [5, 5.41) is 0. The maximum Gasteiger partial charge on any atom is 0.261 e. The molecule has 0 fully saturated rings. The monoisotopic (exact) mass is 634 g/mol. The largest absolute Gasteiger partial charge is 0.330 e. The number of amides is 2. The Balaban J connectivity index is 0.000000185. The van der Waals surface area contributed by atoms with Crippen molar-refractivity contribution in [2.75, 3.05) is 39.3 Å².